The van der Waals surface area contributed by atoms with E-state index in [1.54, 1.807) is 6.07 Å². The van der Waals surface area contributed by atoms with Crippen LogP contribution in [-0.2, 0) is 0 Å². The van der Waals surface area contributed by atoms with Gasteiger partial charge in [-0.1, -0.05) is 54.6 Å². The fourth-order valence-electron chi connectivity index (χ4n) is 6.66. The van der Waals surface area contributed by atoms with E-state index in [0.717, 1.165) is 66.1 Å². The van der Waals surface area contributed by atoms with E-state index in [1.807, 2.05) is 115 Å². The predicted molar refractivity (Wildman–Crippen MR) is 181 cm³/mol. The van der Waals surface area contributed by atoms with Crippen LogP contribution in [0.1, 0.15) is 16.7 Å². The Hall–Kier alpha value is -7.12. The molecule has 0 aliphatic carbocycles. The second-order valence-corrected chi connectivity index (χ2v) is 11.1. The monoisotopic (exact) mass is 584 g/mol. The Kier molecular flexibility index (Phi) is 5.91. The molecule has 0 saturated carbocycles. The van der Waals surface area contributed by atoms with Crippen molar-refractivity contribution in [1.29, 1.82) is 15.8 Å². The van der Waals surface area contributed by atoms with Crippen molar-refractivity contribution in [3.8, 4) is 40.7 Å². The van der Waals surface area contributed by atoms with Crippen molar-refractivity contribution >= 4 is 49.3 Å². The van der Waals surface area contributed by atoms with E-state index in [1.165, 1.54) is 0 Å². The van der Waals surface area contributed by atoms with Gasteiger partial charge in [-0.3, -0.25) is 0 Å². The first-order valence-corrected chi connectivity index (χ1v) is 14.6. The van der Waals surface area contributed by atoms with Crippen LogP contribution in [0.2, 0.25) is 0 Å². The van der Waals surface area contributed by atoms with E-state index in [2.05, 4.69) is 32.2 Å². The number of hydrogen-bond acceptors (Lipinski definition) is 3. The molecule has 0 unspecified atom stereocenters. The Morgan fingerprint density at radius 2 is 1.02 bits per heavy atom. The lowest BCUT2D eigenvalue weighted by Crippen LogP contribution is -2.05. The first-order valence-electron chi connectivity index (χ1n) is 14.6. The lowest BCUT2D eigenvalue weighted by molar-refractivity contribution is 1.13. The highest BCUT2D eigenvalue weighted by atomic mass is 15.0. The molecule has 0 amide bonds. The molecule has 8 aromatic rings. The van der Waals surface area contributed by atoms with Gasteiger partial charge in [-0.2, -0.15) is 15.8 Å². The summed E-state index contributed by atoms with van der Waals surface area (Å²) in [5, 5.41) is 33.9. The van der Waals surface area contributed by atoms with Gasteiger partial charge in [0.15, 0.2) is 5.69 Å². The number of benzene rings is 6. The highest BCUT2D eigenvalue weighted by Crippen LogP contribution is 2.43. The maximum atomic E-state index is 10.4. The first-order chi connectivity index (χ1) is 22.6. The average Bonchev–Trinajstić information content (AvgIpc) is 3.63. The quantitative estimate of drug-likeness (QED) is 0.194. The van der Waals surface area contributed by atoms with Gasteiger partial charge in [-0.25, -0.2) is 4.85 Å². The van der Waals surface area contributed by atoms with Crippen LogP contribution in [0, 0.1) is 40.6 Å². The number of rotatable bonds is 3. The molecule has 2 heterocycles. The van der Waals surface area contributed by atoms with E-state index >= 15 is 0 Å². The van der Waals surface area contributed by atoms with Gasteiger partial charge in [-0.15, -0.1) is 0 Å². The first kappa shape index (κ1) is 26.5. The number of hydrogen-bond donors (Lipinski definition) is 0. The standard InChI is InChI=1S/C40H20N6/c1-44-29-14-16-37-33(21-29)31-10-3-5-12-35(31)46(37)39-20-27(24-43)19-38(40(39)28-8-6-7-25(17-28)22-41)45-34-11-4-2-9-30(34)32-18-26(23-42)13-15-36(32)45/h2-21H. The van der Waals surface area contributed by atoms with Crippen LogP contribution in [0.25, 0.3) is 71.0 Å². The van der Waals surface area contributed by atoms with Crippen molar-refractivity contribution in [3.05, 3.63) is 149 Å². The molecule has 0 bridgehead atoms. The molecule has 0 aliphatic heterocycles. The normalized spacial score (nSPS) is 11.0. The molecule has 6 heteroatoms. The fourth-order valence-corrected chi connectivity index (χ4v) is 6.66. The Balaban J connectivity index is 1.60. The molecular formula is C40H20N6. The van der Waals surface area contributed by atoms with Crippen molar-refractivity contribution in [2.45, 2.75) is 0 Å². The molecule has 0 radical (unpaired) electrons. The number of para-hydroxylation sites is 2. The zero-order valence-electron chi connectivity index (χ0n) is 24.2. The Morgan fingerprint density at radius 1 is 0.478 bits per heavy atom. The van der Waals surface area contributed by atoms with Gasteiger partial charge in [0, 0.05) is 21.7 Å². The molecule has 0 fully saturated rings. The van der Waals surface area contributed by atoms with E-state index in [9.17, 15) is 15.8 Å². The third-order valence-corrected chi connectivity index (χ3v) is 8.57. The van der Waals surface area contributed by atoms with Crippen molar-refractivity contribution in [3.63, 3.8) is 0 Å². The second-order valence-electron chi connectivity index (χ2n) is 11.1. The van der Waals surface area contributed by atoms with Crippen LogP contribution < -0.4 is 0 Å². The molecule has 0 spiro atoms. The molecule has 2 aromatic heterocycles. The van der Waals surface area contributed by atoms with Gasteiger partial charge in [0.1, 0.15) is 0 Å². The zero-order chi connectivity index (χ0) is 31.4. The lowest BCUT2D eigenvalue weighted by Gasteiger charge is -2.21. The maximum absolute atomic E-state index is 10.4. The molecule has 0 N–H and O–H groups in total. The minimum Gasteiger partial charge on any atom is -0.309 e. The summed E-state index contributed by atoms with van der Waals surface area (Å²) in [7, 11) is 0. The van der Waals surface area contributed by atoms with Crippen LogP contribution in [0.3, 0.4) is 0 Å². The third-order valence-electron chi connectivity index (χ3n) is 8.57. The van der Waals surface area contributed by atoms with E-state index in [-0.39, 0.29) is 0 Å². The SMILES string of the molecule is [C-]#[N+]c1ccc2c(c1)c1ccccc1n2-c1cc(C#N)cc(-n2c3ccccc3c3cc(C#N)ccc32)c1-c1cccc(C#N)c1. The van der Waals surface area contributed by atoms with Gasteiger partial charge in [-0.05, 0) is 77.7 Å². The smallest absolute Gasteiger partial charge is 0.188 e. The van der Waals surface area contributed by atoms with Gasteiger partial charge in [0.05, 0.1) is 74.9 Å². The van der Waals surface area contributed by atoms with Crippen LogP contribution in [0.4, 0.5) is 5.69 Å². The molecule has 6 nitrogen and oxygen atoms in total. The highest BCUT2D eigenvalue weighted by molar-refractivity contribution is 6.12. The van der Waals surface area contributed by atoms with Crippen molar-refractivity contribution in [1.82, 2.24) is 9.13 Å². The summed E-state index contributed by atoms with van der Waals surface area (Å²) in [6.07, 6.45) is 0. The Bertz CT molecular complexity index is 2600. The van der Waals surface area contributed by atoms with Crippen LogP contribution in [0.5, 0.6) is 0 Å². The molecule has 0 aliphatic rings. The third kappa shape index (κ3) is 3.86. The number of nitrogens with zero attached hydrogens (tertiary/aromatic N) is 6. The van der Waals surface area contributed by atoms with Gasteiger partial charge in [0.25, 0.3) is 0 Å². The maximum Gasteiger partial charge on any atom is 0.188 e. The van der Waals surface area contributed by atoms with E-state index < -0.39 is 0 Å². The minimum absolute atomic E-state index is 0.466. The molecule has 0 atom stereocenters. The van der Waals surface area contributed by atoms with E-state index in [0.29, 0.717) is 22.4 Å². The predicted octanol–water partition coefficient (Wildman–Crippen LogP) is 9.71. The second kappa shape index (κ2) is 10.3. The van der Waals surface area contributed by atoms with Crippen LogP contribution in [0.15, 0.2) is 121 Å². The zero-order valence-corrected chi connectivity index (χ0v) is 24.2. The fraction of sp³-hybridized carbons (Fsp3) is 0. The number of nitriles is 3. The molecule has 8 rings (SSSR count). The van der Waals surface area contributed by atoms with Gasteiger partial charge >= 0.3 is 0 Å². The van der Waals surface area contributed by atoms with Crippen LogP contribution >= 0.6 is 0 Å². The molecular weight excluding hydrogens is 564 g/mol. The molecule has 46 heavy (non-hydrogen) atoms. The summed E-state index contributed by atoms with van der Waals surface area (Å²) in [6, 6.07) is 45.7. The molecule has 0 saturated heterocycles. The van der Waals surface area contributed by atoms with Crippen molar-refractivity contribution in [2.24, 2.45) is 0 Å². The average molecular weight is 585 g/mol. The van der Waals surface area contributed by atoms with Crippen LogP contribution in [-0.4, -0.2) is 9.13 Å². The Labute approximate surface area is 263 Å². The highest BCUT2D eigenvalue weighted by Gasteiger charge is 2.23. The minimum atomic E-state index is 0.466. The summed E-state index contributed by atoms with van der Waals surface area (Å²) >= 11 is 0. The lowest BCUT2D eigenvalue weighted by atomic mass is 9.97. The molecule has 210 valence electrons. The summed E-state index contributed by atoms with van der Waals surface area (Å²) in [4.78, 5) is 3.68. The molecule has 6 aromatic carbocycles. The summed E-state index contributed by atoms with van der Waals surface area (Å²) in [5.41, 5.74) is 8.92. The number of aromatic nitrogens is 2. The largest absolute Gasteiger partial charge is 0.309 e. The Morgan fingerprint density at radius 3 is 1.63 bits per heavy atom. The van der Waals surface area contributed by atoms with Gasteiger partial charge < -0.3 is 9.13 Å². The number of fused-ring (bicyclic) bond motifs is 6. The summed E-state index contributed by atoms with van der Waals surface area (Å²) < 4.78 is 4.30. The van der Waals surface area contributed by atoms with Crippen molar-refractivity contribution in [2.75, 3.05) is 0 Å². The summed E-state index contributed by atoms with van der Waals surface area (Å²) in [5.74, 6) is 0. The topological polar surface area (TPSA) is 85.6 Å². The summed E-state index contributed by atoms with van der Waals surface area (Å²) in [6.45, 7) is 7.64. The van der Waals surface area contributed by atoms with Gasteiger partial charge in [0.2, 0.25) is 0 Å². The van der Waals surface area contributed by atoms with E-state index in [4.69, 9.17) is 6.57 Å². The van der Waals surface area contributed by atoms with Crippen molar-refractivity contribution < 1.29 is 0 Å².